The molecule has 0 bridgehead atoms. The van der Waals surface area contributed by atoms with E-state index in [4.69, 9.17) is 0 Å². The van der Waals surface area contributed by atoms with Crippen LogP contribution < -0.4 is 0 Å². The second kappa shape index (κ2) is 4.66. The summed E-state index contributed by atoms with van der Waals surface area (Å²) in [6.45, 7) is 0. The molecule has 0 radical (unpaired) electrons. The minimum absolute atomic E-state index is 0.456. The maximum Gasteiger partial charge on any atom is 0.0800 e. The normalized spacial score (nSPS) is 13.1. The molecule has 0 N–H and O–H groups in total. The minimum Gasteiger partial charge on any atom is -0.291 e. The van der Waals surface area contributed by atoms with Gasteiger partial charge in [0.05, 0.1) is 6.17 Å². The van der Waals surface area contributed by atoms with E-state index in [1.165, 1.54) is 0 Å². The first-order chi connectivity index (χ1) is 4.59. The van der Waals surface area contributed by atoms with Crippen molar-refractivity contribution in [3.63, 3.8) is 0 Å². The van der Waals surface area contributed by atoms with E-state index in [1.54, 1.807) is 0 Å². The fraction of sp³-hybridized carbons (Fsp3) is 0.714. The van der Waals surface area contributed by atoms with E-state index in [0.29, 0.717) is 6.17 Å². The van der Waals surface area contributed by atoms with Gasteiger partial charge in [-0.2, -0.15) is 0 Å². The van der Waals surface area contributed by atoms with Gasteiger partial charge in [0.2, 0.25) is 0 Å². The lowest BCUT2D eigenvalue weighted by atomic mass is 10.4. The van der Waals surface area contributed by atoms with Gasteiger partial charge in [0.15, 0.2) is 0 Å². The first-order valence-electron chi connectivity index (χ1n) is 3.55. The molecule has 60 valence electrons. The van der Waals surface area contributed by atoms with Crippen molar-refractivity contribution in [3.05, 3.63) is 11.8 Å². The third kappa shape index (κ3) is 3.15. The molecular formula is C7H18N2Si. The van der Waals surface area contributed by atoms with Crippen LogP contribution in [0.1, 0.15) is 0 Å². The van der Waals surface area contributed by atoms with E-state index >= 15 is 0 Å². The molecule has 10 heavy (non-hydrogen) atoms. The Balaban J connectivity index is 3.98. The lowest BCUT2D eigenvalue weighted by molar-refractivity contribution is 0.174. The molecule has 0 aliphatic carbocycles. The van der Waals surface area contributed by atoms with Crippen LogP contribution in [0, 0.1) is 0 Å². The molecule has 0 fully saturated rings. The molecule has 0 saturated heterocycles. The Kier molecular flexibility index (Phi) is 4.60. The Bertz CT molecular complexity index is 102. The highest BCUT2D eigenvalue weighted by molar-refractivity contribution is 6.17. The van der Waals surface area contributed by atoms with E-state index < -0.39 is 0 Å². The van der Waals surface area contributed by atoms with Crippen molar-refractivity contribution < 1.29 is 0 Å². The van der Waals surface area contributed by atoms with Gasteiger partial charge in [0, 0.05) is 10.2 Å². The minimum atomic E-state index is 0.456. The predicted molar refractivity (Wildman–Crippen MR) is 50.2 cm³/mol. The van der Waals surface area contributed by atoms with Crippen molar-refractivity contribution in [2.75, 3.05) is 28.2 Å². The van der Waals surface area contributed by atoms with Crippen LogP contribution in [0.3, 0.4) is 0 Å². The molecule has 0 unspecified atom stereocenters. The second-order valence-corrected chi connectivity index (χ2v) is 3.53. The molecule has 0 amide bonds. The Hall–Kier alpha value is -0.123. The summed E-state index contributed by atoms with van der Waals surface area (Å²) < 4.78 is 0. The molecule has 0 atom stereocenters. The molecular weight excluding hydrogens is 140 g/mol. The summed E-state index contributed by atoms with van der Waals surface area (Å²) in [6, 6.07) is 0. The van der Waals surface area contributed by atoms with E-state index in [9.17, 15) is 0 Å². The summed E-state index contributed by atoms with van der Waals surface area (Å²) in [4.78, 5) is 4.38. The highest BCUT2D eigenvalue weighted by Gasteiger charge is 2.07. The van der Waals surface area contributed by atoms with E-state index in [-0.39, 0.29) is 0 Å². The molecule has 0 aromatic carbocycles. The highest BCUT2D eigenvalue weighted by atomic mass is 28.1. The molecule has 0 spiro atoms. The third-order valence-electron chi connectivity index (χ3n) is 1.42. The monoisotopic (exact) mass is 158 g/mol. The smallest absolute Gasteiger partial charge is 0.0800 e. The van der Waals surface area contributed by atoms with Crippen LogP contribution >= 0.6 is 0 Å². The number of hydrogen-bond donors (Lipinski definition) is 0. The van der Waals surface area contributed by atoms with Crippen LogP contribution in [0.5, 0.6) is 0 Å². The first kappa shape index (κ1) is 9.88. The predicted octanol–water partition coefficient (Wildman–Crippen LogP) is -0.685. The molecule has 0 heterocycles. The van der Waals surface area contributed by atoms with Crippen molar-refractivity contribution in [1.82, 2.24) is 9.80 Å². The lowest BCUT2D eigenvalue weighted by Gasteiger charge is -2.27. The van der Waals surface area contributed by atoms with Crippen molar-refractivity contribution in [2.24, 2.45) is 0 Å². The fourth-order valence-corrected chi connectivity index (χ4v) is 1.32. The molecule has 2 nitrogen and oxygen atoms in total. The van der Waals surface area contributed by atoms with Gasteiger partial charge in [-0.3, -0.25) is 9.80 Å². The Labute approximate surface area is 66.9 Å². The van der Waals surface area contributed by atoms with E-state index in [1.807, 2.05) is 0 Å². The third-order valence-corrected chi connectivity index (χ3v) is 1.81. The van der Waals surface area contributed by atoms with Crippen LogP contribution in [-0.2, 0) is 0 Å². The van der Waals surface area contributed by atoms with E-state index in [0.717, 1.165) is 10.2 Å². The average Bonchev–Trinajstić information content (AvgIpc) is 1.81. The second-order valence-electron chi connectivity index (χ2n) is 2.87. The number of rotatable bonds is 3. The number of likely N-dealkylation sites (N-methyl/N-ethyl adjacent to an activating group) is 2. The maximum absolute atomic E-state index is 2.23. The zero-order valence-electron chi connectivity index (χ0n) is 7.63. The van der Waals surface area contributed by atoms with E-state index in [2.05, 4.69) is 49.8 Å². The maximum atomic E-state index is 2.23. The van der Waals surface area contributed by atoms with Gasteiger partial charge in [-0.05, 0) is 28.2 Å². The molecule has 3 heteroatoms. The van der Waals surface area contributed by atoms with Crippen LogP contribution in [0.25, 0.3) is 0 Å². The van der Waals surface area contributed by atoms with Crippen LogP contribution in [0.2, 0.25) is 0 Å². The van der Waals surface area contributed by atoms with Crippen molar-refractivity contribution in [2.45, 2.75) is 6.17 Å². The molecule has 0 rings (SSSR count). The summed E-state index contributed by atoms with van der Waals surface area (Å²) in [5.41, 5.74) is 2.21. The van der Waals surface area contributed by atoms with Crippen molar-refractivity contribution in [3.8, 4) is 0 Å². The van der Waals surface area contributed by atoms with Crippen LogP contribution in [0.15, 0.2) is 11.8 Å². The average molecular weight is 158 g/mol. The zero-order valence-corrected chi connectivity index (χ0v) is 9.63. The molecule has 0 saturated carbocycles. The fourth-order valence-electron chi connectivity index (χ4n) is 0.978. The van der Waals surface area contributed by atoms with Crippen molar-refractivity contribution >= 4 is 10.2 Å². The Morgan fingerprint density at radius 1 is 1.10 bits per heavy atom. The summed E-state index contributed by atoms with van der Waals surface area (Å²) in [6.07, 6.45) is 2.68. The summed E-state index contributed by atoms with van der Waals surface area (Å²) in [5, 5.41) is 0. The number of nitrogens with zero attached hydrogens (tertiary/aromatic N) is 2. The first-order valence-corrected chi connectivity index (χ1v) is 4.70. The summed E-state index contributed by atoms with van der Waals surface area (Å²) in [5.74, 6) is 0. The summed E-state index contributed by atoms with van der Waals surface area (Å²) in [7, 11) is 9.50. The van der Waals surface area contributed by atoms with Gasteiger partial charge >= 0.3 is 0 Å². The van der Waals surface area contributed by atoms with Gasteiger partial charge in [0.25, 0.3) is 0 Å². The van der Waals surface area contributed by atoms with Gasteiger partial charge in [-0.25, -0.2) is 0 Å². The SMILES string of the molecule is CN(C)C(/C=C\[SiH3])N(C)C. The van der Waals surface area contributed by atoms with Crippen molar-refractivity contribution in [1.29, 1.82) is 0 Å². The largest absolute Gasteiger partial charge is 0.291 e. The quantitative estimate of drug-likeness (QED) is 0.396. The van der Waals surface area contributed by atoms with Gasteiger partial charge < -0.3 is 0 Å². The van der Waals surface area contributed by atoms with Crippen LogP contribution in [-0.4, -0.2) is 54.4 Å². The number of hydrogen-bond acceptors (Lipinski definition) is 2. The van der Waals surface area contributed by atoms with Gasteiger partial charge in [-0.1, -0.05) is 6.08 Å². The van der Waals surface area contributed by atoms with Crippen LogP contribution in [0.4, 0.5) is 0 Å². The lowest BCUT2D eigenvalue weighted by Crippen LogP contribution is -2.38. The summed E-state index contributed by atoms with van der Waals surface area (Å²) >= 11 is 0. The molecule has 0 aliphatic heterocycles. The highest BCUT2D eigenvalue weighted by Crippen LogP contribution is 1.97. The standard InChI is InChI=1S/C7H18N2Si/c1-8(2)7(5-6-10)9(3)4/h5-7H,1-4,10H3/b6-5-. The topological polar surface area (TPSA) is 6.48 Å². The zero-order chi connectivity index (χ0) is 8.15. The molecule has 0 aromatic heterocycles. The molecule has 0 aliphatic rings. The van der Waals surface area contributed by atoms with Gasteiger partial charge in [0.1, 0.15) is 0 Å². The molecule has 0 aromatic rings. The Morgan fingerprint density at radius 2 is 1.50 bits per heavy atom. The Morgan fingerprint density at radius 3 is 1.60 bits per heavy atom. The van der Waals surface area contributed by atoms with Gasteiger partial charge in [-0.15, -0.1) is 5.70 Å².